The van der Waals surface area contributed by atoms with Gasteiger partial charge in [-0.3, -0.25) is 0 Å². The zero-order chi connectivity index (χ0) is 34.9. The fourth-order valence-corrected chi connectivity index (χ4v) is 10.3. The van der Waals surface area contributed by atoms with E-state index in [1.807, 2.05) is 0 Å². The van der Waals surface area contributed by atoms with E-state index in [0.717, 1.165) is 0 Å². The molecule has 246 valence electrons. The zero-order valence-corrected chi connectivity index (χ0v) is 30.0. The van der Waals surface area contributed by atoms with E-state index in [9.17, 15) is 0 Å². The molecule has 0 N–H and O–H groups in total. The van der Waals surface area contributed by atoms with Crippen LogP contribution in [-0.4, -0.2) is 0 Å². The number of rotatable bonds is 2. The normalized spacial score (nSPS) is 14.8. The van der Waals surface area contributed by atoms with Gasteiger partial charge in [0.25, 0.3) is 0 Å². The van der Waals surface area contributed by atoms with Crippen LogP contribution in [0.25, 0.3) is 87.6 Å². The molecule has 0 spiro atoms. The smallest absolute Gasteiger partial charge is 0.0165 e. The first-order valence-corrected chi connectivity index (χ1v) is 18.6. The van der Waals surface area contributed by atoms with Crippen LogP contribution in [0.1, 0.15) is 49.9 Å². The van der Waals surface area contributed by atoms with Crippen LogP contribution >= 0.6 is 0 Å². The first-order chi connectivity index (χ1) is 25.3. The third-order valence-electron chi connectivity index (χ3n) is 12.6. The van der Waals surface area contributed by atoms with Crippen molar-refractivity contribution in [3.8, 4) is 44.5 Å². The highest BCUT2D eigenvalue weighted by atomic mass is 14.4. The largest absolute Gasteiger partial charge is 0.0619 e. The summed E-state index contributed by atoms with van der Waals surface area (Å²) in [5.74, 6) is 0. The van der Waals surface area contributed by atoms with Crippen LogP contribution in [0.15, 0.2) is 158 Å². The molecule has 0 unspecified atom stereocenters. The lowest BCUT2D eigenvalue weighted by molar-refractivity contribution is 0.661. The Morgan fingerprint density at radius 1 is 0.308 bits per heavy atom. The molecule has 0 saturated heterocycles. The lowest BCUT2D eigenvalue weighted by atomic mass is 9.78. The van der Waals surface area contributed by atoms with Gasteiger partial charge in [0.15, 0.2) is 0 Å². The first kappa shape index (κ1) is 29.7. The second-order valence-corrected chi connectivity index (χ2v) is 16.0. The molecule has 0 heteroatoms. The molecule has 0 aromatic heterocycles. The zero-order valence-electron chi connectivity index (χ0n) is 30.0. The van der Waals surface area contributed by atoms with E-state index in [1.165, 1.54) is 110 Å². The van der Waals surface area contributed by atoms with Gasteiger partial charge in [-0.25, -0.2) is 0 Å². The van der Waals surface area contributed by atoms with Crippen molar-refractivity contribution in [2.75, 3.05) is 0 Å². The SMILES string of the molecule is CC1(C)c2ccccc2-c2c1cc(-c1c3ccccc3c(-c3ccc4c(c3)-c3ccc5ccccc5c3C4(C)C)c3ccccc13)c1ccccc21. The molecule has 0 nitrogen and oxygen atoms in total. The summed E-state index contributed by atoms with van der Waals surface area (Å²) in [6.07, 6.45) is 0. The first-order valence-electron chi connectivity index (χ1n) is 18.6. The van der Waals surface area contributed by atoms with Crippen molar-refractivity contribution in [2.24, 2.45) is 0 Å². The summed E-state index contributed by atoms with van der Waals surface area (Å²) in [5.41, 5.74) is 16.2. The Morgan fingerprint density at radius 3 is 1.54 bits per heavy atom. The van der Waals surface area contributed by atoms with Crippen molar-refractivity contribution in [1.82, 2.24) is 0 Å². The molecule has 0 bridgehead atoms. The maximum atomic E-state index is 2.53. The van der Waals surface area contributed by atoms with E-state index in [1.54, 1.807) is 0 Å². The predicted octanol–water partition coefficient (Wildman–Crippen LogP) is 14.2. The highest BCUT2D eigenvalue weighted by molar-refractivity contribution is 6.24. The molecule has 0 atom stereocenters. The van der Waals surface area contributed by atoms with Crippen LogP contribution in [0.3, 0.4) is 0 Å². The minimum absolute atomic E-state index is 0.0832. The van der Waals surface area contributed by atoms with E-state index in [0.29, 0.717) is 0 Å². The monoisotopic (exact) mass is 662 g/mol. The molecule has 0 fully saturated rings. The summed E-state index contributed by atoms with van der Waals surface area (Å²) in [6, 6.07) is 59.6. The lowest BCUT2D eigenvalue weighted by Crippen LogP contribution is -2.15. The standard InChI is InChI=1S/C52H38/c1-51(2)44-24-14-13-23-41(44)49-35-18-8-7-17-34(35)43(30-46(49)51)48-38-21-11-9-19-36(38)47(37-20-10-12-22-39(37)48)32-26-28-45-42(29-32)40-27-25-31-15-5-6-16-33(31)50(40)52(45,3)4/h5-30H,1-4H3. The van der Waals surface area contributed by atoms with Crippen molar-refractivity contribution in [1.29, 1.82) is 0 Å². The van der Waals surface area contributed by atoms with Crippen molar-refractivity contribution in [2.45, 2.75) is 38.5 Å². The van der Waals surface area contributed by atoms with Gasteiger partial charge >= 0.3 is 0 Å². The van der Waals surface area contributed by atoms with Crippen LogP contribution < -0.4 is 0 Å². The van der Waals surface area contributed by atoms with Gasteiger partial charge in [0, 0.05) is 10.8 Å². The van der Waals surface area contributed by atoms with Crippen molar-refractivity contribution >= 4 is 43.1 Å². The molecule has 0 radical (unpaired) electrons. The molecule has 0 amide bonds. The van der Waals surface area contributed by atoms with Gasteiger partial charge in [-0.05, 0) is 122 Å². The summed E-state index contributed by atoms with van der Waals surface area (Å²) < 4.78 is 0. The van der Waals surface area contributed by atoms with Gasteiger partial charge in [-0.2, -0.15) is 0 Å². The molecule has 11 rings (SSSR count). The summed E-state index contributed by atoms with van der Waals surface area (Å²) in [4.78, 5) is 0. The quantitative estimate of drug-likeness (QED) is 0.162. The van der Waals surface area contributed by atoms with Gasteiger partial charge in [-0.15, -0.1) is 0 Å². The average Bonchev–Trinajstić information content (AvgIpc) is 3.56. The van der Waals surface area contributed by atoms with E-state index >= 15 is 0 Å². The molecule has 52 heavy (non-hydrogen) atoms. The highest BCUT2D eigenvalue weighted by Gasteiger charge is 2.38. The molecular weight excluding hydrogens is 625 g/mol. The third-order valence-corrected chi connectivity index (χ3v) is 12.6. The summed E-state index contributed by atoms with van der Waals surface area (Å²) in [6.45, 7) is 9.57. The highest BCUT2D eigenvalue weighted by Crippen LogP contribution is 2.56. The van der Waals surface area contributed by atoms with Crippen molar-refractivity contribution < 1.29 is 0 Å². The Labute approximate surface area is 305 Å². The number of benzene rings is 9. The Morgan fingerprint density at radius 2 is 0.846 bits per heavy atom. The molecule has 0 saturated carbocycles. The Bertz CT molecular complexity index is 2950. The van der Waals surface area contributed by atoms with Crippen molar-refractivity contribution in [3.63, 3.8) is 0 Å². The van der Waals surface area contributed by atoms with Crippen LogP contribution in [-0.2, 0) is 10.8 Å². The molecular formula is C52H38. The molecule has 0 aliphatic heterocycles. The summed E-state index contributed by atoms with van der Waals surface area (Å²) in [5, 5.41) is 10.5. The molecule has 2 aliphatic rings. The maximum Gasteiger partial charge on any atom is 0.0165 e. The molecule has 9 aromatic rings. The summed E-state index contributed by atoms with van der Waals surface area (Å²) >= 11 is 0. The van der Waals surface area contributed by atoms with E-state index < -0.39 is 0 Å². The minimum Gasteiger partial charge on any atom is -0.0619 e. The Balaban J connectivity index is 1.21. The summed E-state index contributed by atoms with van der Waals surface area (Å²) in [7, 11) is 0. The van der Waals surface area contributed by atoms with Gasteiger partial charge < -0.3 is 0 Å². The van der Waals surface area contributed by atoms with Crippen molar-refractivity contribution in [3.05, 3.63) is 180 Å². The minimum atomic E-state index is -0.101. The molecule has 2 aliphatic carbocycles. The Hall–Kier alpha value is -5.98. The average molecular weight is 663 g/mol. The number of fused-ring (bicyclic) bond motifs is 12. The number of hydrogen-bond donors (Lipinski definition) is 0. The third kappa shape index (κ3) is 3.77. The van der Waals surface area contributed by atoms with Crippen LogP contribution in [0.2, 0.25) is 0 Å². The maximum absolute atomic E-state index is 2.53. The van der Waals surface area contributed by atoms with Gasteiger partial charge in [-0.1, -0.05) is 173 Å². The number of hydrogen-bond acceptors (Lipinski definition) is 0. The van der Waals surface area contributed by atoms with Gasteiger partial charge in [0.2, 0.25) is 0 Å². The van der Waals surface area contributed by atoms with Gasteiger partial charge in [0.1, 0.15) is 0 Å². The molecule has 0 heterocycles. The second-order valence-electron chi connectivity index (χ2n) is 16.0. The Kier molecular flexibility index (Phi) is 5.89. The van der Waals surface area contributed by atoms with Crippen LogP contribution in [0.5, 0.6) is 0 Å². The lowest BCUT2D eigenvalue weighted by Gasteiger charge is -2.24. The van der Waals surface area contributed by atoms with Gasteiger partial charge in [0.05, 0.1) is 0 Å². The van der Waals surface area contributed by atoms with E-state index in [2.05, 4.69) is 185 Å². The predicted molar refractivity (Wildman–Crippen MR) is 222 cm³/mol. The van der Waals surface area contributed by atoms with Crippen LogP contribution in [0, 0.1) is 0 Å². The van der Waals surface area contributed by atoms with E-state index in [4.69, 9.17) is 0 Å². The fourth-order valence-electron chi connectivity index (χ4n) is 10.3. The van der Waals surface area contributed by atoms with E-state index in [-0.39, 0.29) is 10.8 Å². The second kappa shape index (κ2) is 10.3. The molecule has 9 aromatic carbocycles. The topological polar surface area (TPSA) is 0 Å². The van der Waals surface area contributed by atoms with Crippen LogP contribution in [0.4, 0.5) is 0 Å². The fraction of sp³-hybridized carbons (Fsp3) is 0.115.